The van der Waals surface area contributed by atoms with Crippen LogP contribution in [0.5, 0.6) is 0 Å². The number of hydrogen-bond donors (Lipinski definition) is 1. The molecule has 10 heteroatoms. The van der Waals surface area contributed by atoms with Crippen LogP contribution in [0.3, 0.4) is 0 Å². The summed E-state index contributed by atoms with van der Waals surface area (Å²) < 4.78 is 35.3. The summed E-state index contributed by atoms with van der Waals surface area (Å²) in [5, 5.41) is 2.67. The van der Waals surface area contributed by atoms with Crippen molar-refractivity contribution in [2.45, 2.75) is 17.6 Å². The highest BCUT2D eigenvalue weighted by Gasteiger charge is 2.24. The molecule has 2 aromatic carbocycles. The fourth-order valence-electron chi connectivity index (χ4n) is 2.99. The molecule has 0 aliphatic carbocycles. The number of rotatable bonds is 9. The Labute approximate surface area is 197 Å². The van der Waals surface area contributed by atoms with Crippen LogP contribution in [-0.4, -0.2) is 51.3 Å². The number of anilines is 1. The Bertz CT molecular complexity index is 1270. The first kappa shape index (κ1) is 24.7. The Kier molecular flexibility index (Phi) is 7.85. The number of benzene rings is 2. The van der Waals surface area contributed by atoms with Gasteiger partial charge in [0.25, 0.3) is 5.91 Å². The van der Waals surface area contributed by atoms with E-state index in [4.69, 9.17) is 9.15 Å². The van der Waals surface area contributed by atoms with Crippen LogP contribution in [0.15, 0.2) is 76.2 Å². The van der Waals surface area contributed by atoms with E-state index in [-0.39, 0.29) is 22.8 Å². The van der Waals surface area contributed by atoms with Crippen LogP contribution >= 0.6 is 0 Å². The largest absolute Gasteiger partial charge is 0.457 e. The average molecular weight is 485 g/mol. The van der Waals surface area contributed by atoms with Gasteiger partial charge in [-0.15, -0.1) is 0 Å². The summed E-state index contributed by atoms with van der Waals surface area (Å²) in [7, 11) is -2.31. The molecule has 1 aromatic heterocycles. The number of furan rings is 1. The number of hydrogen-bond acceptors (Lipinski definition) is 7. The number of nitrogens with zero attached hydrogens (tertiary/aromatic N) is 1. The van der Waals surface area contributed by atoms with Gasteiger partial charge in [-0.25, -0.2) is 13.2 Å². The van der Waals surface area contributed by atoms with Gasteiger partial charge in [0.1, 0.15) is 0 Å². The van der Waals surface area contributed by atoms with Crippen LogP contribution in [0.2, 0.25) is 0 Å². The molecule has 0 bridgehead atoms. The van der Waals surface area contributed by atoms with Crippen molar-refractivity contribution in [1.29, 1.82) is 0 Å². The number of amides is 2. The topological polar surface area (TPSA) is 123 Å². The molecule has 0 aliphatic rings. The smallest absolute Gasteiger partial charge is 0.375 e. The number of carbonyl (C=O) groups excluding carboxylic acids is 3. The van der Waals surface area contributed by atoms with E-state index in [1.165, 1.54) is 31.5 Å². The zero-order chi connectivity index (χ0) is 24.7. The molecule has 0 radical (unpaired) electrons. The number of sulfone groups is 1. The number of nitrogens with one attached hydrogen (secondary N) is 1. The van der Waals surface area contributed by atoms with Gasteiger partial charge >= 0.3 is 5.97 Å². The van der Waals surface area contributed by atoms with Gasteiger partial charge in [-0.3, -0.25) is 9.59 Å². The third-order valence-electron chi connectivity index (χ3n) is 4.85. The lowest BCUT2D eigenvalue weighted by Crippen LogP contribution is -2.37. The van der Waals surface area contributed by atoms with E-state index < -0.39 is 40.0 Å². The summed E-state index contributed by atoms with van der Waals surface area (Å²) in [6.45, 7) is 1.04. The second kappa shape index (κ2) is 10.8. The van der Waals surface area contributed by atoms with E-state index in [0.717, 1.165) is 10.5 Å². The van der Waals surface area contributed by atoms with Gasteiger partial charge in [0.15, 0.2) is 16.4 Å². The van der Waals surface area contributed by atoms with E-state index >= 15 is 0 Å². The summed E-state index contributed by atoms with van der Waals surface area (Å²) in [5.41, 5.74) is 1.76. The Balaban J connectivity index is 1.53. The zero-order valence-corrected chi connectivity index (χ0v) is 19.5. The molecular weight excluding hydrogens is 460 g/mol. The molecule has 3 rings (SSSR count). The maximum absolute atomic E-state index is 12.6. The predicted molar refractivity (Wildman–Crippen MR) is 124 cm³/mol. The van der Waals surface area contributed by atoms with Crippen molar-refractivity contribution in [3.05, 3.63) is 83.8 Å². The van der Waals surface area contributed by atoms with Gasteiger partial charge in [-0.2, -0.15) is 0 Å². The highest BCUT2D eigenvalue weighted by molar-refractivity contribution is 7.90. The lowest BCUT2D eigenvalue weighted by Gasteiger charge is -2.16. The van der Waals surface area contributed by atoms with E-state index in [9.17, 15) is 22.8 Å². The molecule has 0 fully saturated rings. The van der Waals surface area contributed by atoms with Crippen molar-refractivity contribution >= 4 is 33.3 Å². The van der Waals surface area contributed by atoms with Crippen molar-refractivity contribution in [2.24, 2.45) is 0 Å². The number of esters is 1. The van der Waals surface area contributed by atoms with Crippen LogP contribution < -0.4 is 5.32 Å². The summed E-state index contributed by atoms with van der Waals surface area (Å²) in [4.78, 5) is 38.1. The molecular formula is C24H24N2O7S. The van der Waals surface area contributed by atoms with E-state index in [2.05, 4.69) is 5.32 Å². The Morgan fingerprint density at radius 3 is 2.35 bits per heavy atom. The Morgan fingerprint density at radius 2 is 1.68 bits per heavy atom. The van der Waals surface area contributed by atoms with Crippen LogP contribution in [0.1, 0.15) is 21.7 Å². The highest BCUT2D eigenvalue weighted by Crippen LogP contribution is 2.20. The second-order valence-electron chi connectivity index (χ2n) is 7.59. The van der Waals surface area contributed by atoms with Gasteiger partial charge in [-0.1, -0.05) is 35.9 Å². The third kappa shape index (κ3) is 6.55. The van der Waals surface area contributed by atoms with Gasteiger partial charge in [-0.05, 0) is 37.3 Å². The minimum atomic E-state index is -3.71. The molecule has 0 atom stereocenters. The second-order valence-corrected chi connectivity index (χ2v) is 9.58. The molecule has 0 spiro atoms. The lowest BCUT2D eigenvalue weighted by molar-refractivity contribution is -0.136. The van der Waals surface area contributed by atoms with E-state index in [1.807, 2.05) is 19.1 Å². The standard InChI is InChI=1S/C24H24N2O7S/c1-17-8-10-19(11-9-17)25-21(27)14-26(2)22(28)15-33-24(29)23-18(12-13-32-23)16-34(30,31)20-6-4-3-5-7-20/h3-13H,14-16H2,1-2H3,(H,25,27). The fraction of sp³-hybridized carbons (Fsp3) is 0.208. The first-order valence-electron chi connectivity index (χ1n) is 10.3. The fourth-order valence-corrected chi connectivity index (χ4v) is 4.36. The van der Waals surface area contributed by atoms with Crippen molar-refractivity contribution in [1.82, 2.24) is 4.90 Å². The molecule has 2 amide bonds. The quantitative estimate of drug-likeness (QED) is 0.463. The van der Waals surface area contributed by atoms with Crippen molar-refractivity contribution in [3.63, 3.8) is 0 Å². The van der Waals surface area contributed by atoms with Crippen molar-refractivity contribution in [2.75, 3.05) is 25.5 Å². The van der Waals surface area contributed by atoms with E-state index in [1.54, 1.807) is 30.3 Å². The molecule has 3 aromatic rings. The van der Waals surface area contributed by atoms with Crippen LogP contribution in [0, 0.1) is 6.92 Å². The number of ether oxygens (including phenoxy) is 1. The van der Waals surface area contributed by atoms with Gasteiger partial charge < -0.3 is 19.4 Å². The molecule has 0 aliphatic heterocycles. The van der Waals surface area contributed by atoms with Crippen LogP contribution in [0.25, 0.3) is 0 Å². The highest BCUT2D eigenvalue weighted by atomic mass is 32.2. The summed E-state index contributed by atoms with van der Waals surface area (Å²) in [6.07, 6.45) is 1.18. The van der Waals surface area contributed by atoms with E-state index in [0.29, 0.717) is 5.69 Å². The first-order chi connectivity index (χ1) is 16.2. The summed E-state index contributed by atoms with van der Waals surface area (Å²) in [5.74, 6) is -2.77. The third-order valence-corrected chi connectivity index (χ3v) is 6.53. The summed E-state index contributed by atoms with van der Waals surface area (Å²) in [6, 6.07) is 16.3. The SMILES string of the molecule is Cc1ccc(NC(=O)CN(C)C(=O)COC(=O)c2occc2CS(=O)(=O)c2ccccc2)cc1. The number of aryl methyl sites for hydroxylation is 1. The van der Waals surface area contributed by atoms with Gasteiger partial charge in [0, 0.05) is 18.3 Å². The summed E-state index contributed by atoms with van der Waals surface area (Å²) >= 11 is 0. The Morgan fingerprint density at radius 1 is 1.00 bits per heavy atom. The molecule has 9 nitrogen and oxygen atoms in total. The number of carbonyl (C=O) groups is 3. The van der Waals surface area contributed by atoms with Crippen LogP contribution in [0.4, 0.5) is 5.69 Å². The predicted octanol–water partition coefficient (Wildman–Crippen LogP) is 2.82. The maximum Gasteiger partial charge on any atom is 0.375 e. The molecule has 0 saturated carbocycles. The minimum absolute atomic E-state index is 0.108. The maximum atomic E-state index is 12.6. The molecule has 34 heavy (non-hydrogen) atoms. The average Bonchev–Trinajstić information content (AvgIpc) is 3.26. The first-order valence-corrected chi connectivity index (χ1v) is 11.9. The van der Waals surface area contributed by atoms with Gasteiger partial charge in [0.05, 0.1) is 23.5 Å². The molecule has 178 valence electrons. The Hall–Kier alpha value is -3.92. The van der Waals surface area contributed by atoms with Gasteiger partial charge in [0.2, 0.25) is 11.7 Å². The lowest BCUT2D eigenvalue weighted by atomic mass is 10.2. The molecule has 0 unspecified atom stereocenters. The van der Waals surface area contributed by atoms with Crippen molar-refractivity contribution < 1.29 is 32.0 Å². The normalized spacial score (nSPS) is 11.0. The van der Waals surface area contributed by atoms with Crippen molar-refractivity contribution in [3.8, 4) is 0 Å². The number of likely N-dealkylation sites (N-methyl/N-ethyl adjacent to an activating group) is 1. The zero-order valence-electron chi connectivity index (χ0n) is 18.7. The molecule has 1 N–H and O–H groups in total. The van der Waals surface area contributed by atoms with Crippen LogP contribution in [-0.2, 0) is 29.9 Å². The monoisotopic (exact) mass is 484 g/mol. The minimum Gasteiger partial charge on any atom is -0.457 e. The molecule has 1 heterocycles. The molecule has 0 saturated heterocycles.